The van der Waals surface area contributed by atoms with Gasteiger partial charge in [0.25, 0.3) is 0 Å². The number of hydrogen-bond donors (Lipinski definition) is 1. The van der Waals surface area contributed by atoms with E-state index < -0.39 is 0 Å². The van der Waals surface area contributed by atoms with Gasteiger partial charge in [-0.2, -0.15) is 0 Å². The number of nitrogens with one attached hydrogen (secondary N) is 1. The van der Waals surface area contributed by atoms with E-state index in [2.05, 4.69) is 31.2 Å². The molecule has 0 saturated heterocycles. The van der Waals surface area contributed by atoms with Crippen LogP contribution in [0.25, 0.3) is 0 Å². The number of likely N-dealkylation sites (N-methyl/N-ethyl adjacent to an activating group) is 1. The SMILES string of the molecule is COc1ccc(CNCC2(N(C)C)CCCC(C)C2)c(OC)c1OC. The zero-order chi connectivity index (χ0) is 18.4. The summed E-state index contributed by atoms with van der Waals surface area (Å²) in [7, 11) is 9.36. The molecule has 1 N–H and O–H groups in total. The Morgan fingerprint density at radius 1 is 1.12 bits per heavy atom. The Bertz CT molecular complexity index is 562. The lowest BCUT2D eigenvalue weighted by Gasteiger charge is -2.45. The molecule has 0 aromatic heterocycles. The second-order valence-corrected chi connectivity index (χ2v) is 7.42. The van der Waals surface area contributed by atoms with Crippen molar-refractivity contribution in [2.75, 3.05) is 42.0 Å². The van der Waals surface area contributed by atoms with Crippen molar-refractivity contribution in [2.24, 2.45) is 5.92 Å². The quantitative estimate of drug-likeness (QED) is 0.779. The maximum atomic E-state index is 5.59. The van der Waals surface area contributed by atoms with Gasteiger partial charge in [0.1, 0.15) is 0 Å². The number of nitrogens with zero attached hydrogens (tertiary/aromatic N) is 1. The summed E-state index contributed by atoms with van der Waals surface area (Å²) in [6, 6.07) is 3.97. The van der Waals surface area contributed by atoms with E-state index in [4.69, 9.17) is 14.2 Å². The van der Waals surface area contributed by atoms with Crippen LogP contribution in [-0.4, -0.2) is 52.4 Å². The number of benzene rings is 1. The van der Waals surface area contributed by atoms with Crippen molar-refractivity contribution in [3.05, 3.63) is 17.7 Å². The Morgan fingerprint density at radius 2 is 1.84 bits per heavy atom. The van der Waals surface area contributed by atoms with Gasteiger partial charge in [0.15, 0.2) is 11.5 Å². The first-order valence-corrected chi connectivity index (χ1v) is 9.13. The summed E-state index contributed by atoms with van der Waals surface area (Å²) >= 11 is 0. The summed E-state index contributed by atoms with van der Waals surface area (Å²) in [5.41, 5.74) is 1.32. The molecule has 2 unspecified atom stereocenters. The van der Waals surface area contributed by atoms with Gasteiger partial charge in [-0.1, -0.05) is 25.8 Å². The molecule has 5 heteroatoms. The van der Waals surface area contributed by atoms with Crippen molar-refractivity contribution in [3.63, 3.8) is 0 Å². The summed E-state index contributed by atoms with van der Waals surface area (Å²) in [6.07, 6.45) is 5.15. The van der Waals surface area contributed by atoms with E-state index in [1.54, 1.807) is 21.3 Å². The van der Waals surface area contributed by atoms with E-state index in [1.165, 1.54) is 25.7 Å². The van der Waals surface area contributed by atoms with E-state index >= 15 is 0 Å². The Morgan fingerprint density at radius 3 is 2.40 bits per heavy atom. The molecule has 2 atom stereocenters. The lowest BCUT2D eigenvalue weighted by atomic mass is 9.75. The summed E-state index contributed by atoms with van der Waals surface area (Å²) in [4.78, 5) is 2.40. The lowest BCUT2D eigenvalue weighted by molar-refractivity contribution is 0.0749. The highest BCUT2D eigenvalue weighted by Crippen LogP contribution is 2.40. The molecule has 0 heterocycles. The van der Waals surface area contributed by atoms with E-state index in [-0.39, 0.29) is 5.54 Å². The van der Waals surface area contributed by atoms with Gasteiger partial charge >= 0.3 is 0 Å². The Hall–Kier alpha value is -1.46. The molecule has 1 aromatic rings. The molecule has 25 heavy (non-hydrogen) atoms. The van der Waals surface area contributed by atoms with Crippen LogP contribution >= 0.6 is 0 Å². The van der Waals surface area contributed by atoms with Crippen molar-refractivity contribution < 1.29 is 14.2 Å². The molecule has 1 saturated carbocycles. The zero-order valence-electron chi connectivity index (χ0n) is 16.6. The van der Waals surface area contributed by atoms with Gasteiger partial charge in [-0.3, -0.25) is 0 Å². The third-order valence-electron chi connectivity index (χ3n) is 5.57. The average molecular weight is 351 g/mol. The van der Waals surface area contributed by atoms with Gasteiger partial charge in [-0.25, -0.2) is 0 Å². The second-order valence-electron chi connectivity index (χ2n) is 7.42. The summed E-state index contributed by atoms with van der Waals surface area (Å²) < 4.78 is 16.4. The van der Waals surface area contributed by atoms with E-state index in [0.29, 0.717) is 11.5 Å². The molecule has 0 aliphatic heterocycles. The topological polar surface area (TPSA) is 43.0 Å². The minimum absolute atomic E-state index is 0.238. The molecule has 2 rings (SSSR count). The first-order chi connectivity index (χ1) is 12.0. The maximum absolute atomic E-state index is 5.59. The lowest BCUT2D eigenvalue weighted by Crippen LogP contribution is -2.54. The third kappa shape index (κ3) is 4.39. The monoisotopic (exact) mass is 350 g/mol. The van der Waals surface area contributed by atoms with Crippen LogP contribution in [0.1, 0.15) is 38.2 Å². The normalized spacial score (nSPS) is 23.6. The Kier molecular flexibility index (Phi) is 6.96. The van der Waals surface area contributed by atoms with Gasteiger partial charge in [-0.15, -0.1) is 0 Å². The van der Waals surface area contributed by atoms with Crippen molar-refractivity contribution in [1.82, 2.24) is 10.2 Å². The van der Waals surface area contributed by atoms with Gasteiger partial charge < -0.3 is 24.4 Å². The molecular weight excluding hydrogens is 316 g/mol. The Balaban J connectivity index is 2.10. The van der Waals surface area contributed by atoms with Crippen LogP contribution in [0.5, 0.6) is 17.2 Å². The molecule has 5 nitrogen and oxygen atoms in total. The predicted molar refractivity (Wildman–Crippen MR) is 102 cm³/mol. The molecule has 1 aliphatic rings. The minimum atomic E-state index is 0.238. The van der Waals surface area contributed by atoms with Crippen molar-refractivity contribution in [2.45, 2.75) is 44.7 Å². The van der Waals surface area contributed by atoms with E-state index in [0.717, 1.165) is 30.3 Å². The highest BCUT2D eigenvalue weighted by atomic mass is 16.5. The zero-order valence-corrected chi connectivity index (χ0v) is 16.6. The van der Waals surface area contributed by atoms with Crippen LogP contribution < -0.4 is 19.5 Å². The van der Waals surface area contributed by atoms with Crippen molar-refractivity contribution >= 4 is 0 Å². The van der Waals surface area contributed by atoms with Gasteiger partial charge in [0, 0.05) is 24.2 Å². The number of ether oxygens (including phenoxy) is 3. The van der Waals surface area contributed by atoms with Gasteiger partial charge in [0.05, 0.1) is 21.3 Å². The molecule has 0 bridgehead atoms. The standard InChI is InChI=1S/C20H34N2O3/c1-15-8-7-11-20(12-15,22(2)3)14-21-13-16-9-10-17(23-4)19(25-6)18(16)24-5/h9-10,15,21H,7-8,11-14H2,1-6H3. The summed E-state index contributed by atoms with van der Waals surface area (Å²) in [6.45, 7) is 4.09. The number of rotatable bonds is 8. The second kappa shape index (κ2) is 8.77. The van der Waals surface area contributed by atoms with Crippen LogP contribution in [0, 0.1) is 5.92 Å². The van der Waals surface area contributed by atoms with Gasteiger partial charge in [0.2, 0.25) is 5.75 Å². The maximum Gasteiger partial charge on any atom is 0.203 e. The van der Waals surface area contributed by atoms with Crippen LogP contribution in [-0.2, 0) is 6.54 Å². The van der Waals surface area contributed by atoms with Crippen LogP contribution in [0.3, 0.4) is 0 Å². The Labute approximate surface area is 152 Å². The first-order valence-electron chi connectivity index (χ1n) is 9.13. The summed E-state index contributed by atoms with van der Waals surface area (Å²) in [5, 5.41) is 3.66. The molecule has 0 radical (unpaired) electrons. The molecule has 0 spiro atoms. The van der Waals surface area contributed by atoms with E-state index in [1.807, 2.05) is 12.1 Å². The fourth-order valence-corrected chi connectivity index (χ4v) is 4.09. The highest BCUT2D eigenvalue weighted by molar-refractivity contribution is 5.55. The van der Waals surface area contributed by atoms with Crippen LogP contribution in [0.2, 0.25) is 0 Å². The largest absolute Gasteiger partial charge is 0.493 e. The fourth-order valence-electron chi connectivity index (χ4n) is 4.09. The number of methoxy groups -OCH3 is 3. The van der Waals surface area contributed by atoms with Crippen LogP contribution in [0.4, 0.5) is 0 Å². The van der Waals surface area contributed by atoms with Gasteiger partial charge in [-0.05, 0) is 38.9 Å². The predicted octanol–water partition coefficient (Wildman–Crippen LogP) is 3.31. The third-order valence-corrected chi connectivity index (χ3v) is 5.57. The molecule has 1 fully saturated rings. The molecule has 1 aliphatic carbocycles. The van der Waals surface area contributed by atoms with Crippen LogP contribution in [0.15, 0.2) is 12.1 Å². The molecule has 1 aromatic carbocycles. The molecule has 142 valence electrons. The van der Waals surface area contributed by atoms with E-state index in [9.17, 15) is 0 Å². The minimum Gasteiger partial charge on any atom is -0.493 e. The average Bonchev–Trinajstić information content (AvgIpc) is 2.60. The number of hydrogen-bond acceptors (Lipinski definition) is 5. The van der Waals surface area contributed by atoms with Crippen molar-refractivity contribution in [1.29, 1.82) is 0 Å². The smallest absolute Gasteiger partial charge is 0.203 e. The fraction of sp³-hybridized carbons (Fsp3) is 0.700. The molecular formula is C20H34N2O3. The van der Waals surface area contributed by atoms with Crippen molar-refractivity contribution in [3.8, 4) is 17.2 Å². The first kappa shape index (κ1) is 19.9. The molecule has 0 amide bonds. The summed E-state index contributed by atoms with van der Waals surface area (Å²) in [5.74, 6) is 2.87. The highest BCUT2D eigenvalue weighted by Gasteiger charge is 2.36.